The number of rotatable bonds is 4. The molecule has 8 heteroatoms. The van der Waals surface area contributed by atoms with Gasteiger partial charge in [-0.25, -0.2) is 9.59 Å². The summed E-state index contributed by atoms with van der Waals surface area (Å²) in [7, 11) is 1.34. The summed E-state index contributed by atoms with van der Waals surface area (Å²) in [6.45, 7) is 7.13. The molecular weight excluding hydrogens is 386 g/mol. The molecule has 2 rings (SSSR count). The monoisotopic (exact) mass is 405 g/mol. The van der Waals surface area contributed by atoms with Crippen molar-refractivity contribution >= 4 is 39.3 Å². The van der Waals surface area contributed by atoms with Crippen molar-refractivity contribution in [1.82, 2.24) is 4.90 Å². The van der Waals surface area contributed by atoms with Crippen LogP contribution < -0.4 is 4.74 Å². The summed E-state index contributed by atoms with van der Waals surface area (Å²) in [5.41, 5.74) is -0.490. The average Bonchev–Trinajstić information content (AvgIpc) is 2.75. The van der Waals surface area contributed by atoms with Crippen LogP contribution in [0.2, 0.25) is 0 Å². The first kappa shape index (κ1) is 18.1. The maximum atomic E-state index is 11.9. The van der Waals surface area contributed by atoms with E-state index in [-0.39, 0.29) is 12.0 Å². The molecule has 1 aromatic heterocycles. The summed E-state index contributed by atoms with van der Waals surface area (Å²) in [6.07, 6.45) is -0.305. The number of esters is 1. The van der Waals surface area contributed by atoms with Crippen LogP contribution in [0, 0.1) is 5.92 Å². The van der Waals surface area contributed by atoms with E-state index in [1.54, 1.807) is 10.3 Å². The van der Waals surface area contributed by atoms with Crippen molar-refractivity contribution < 1.29 is 23.8 Å². The van der Waals surface area contributed by atoms with Crippen molar-refractivity contribution in [3.63, 3.8) is 0 Å². The van der Waals surface area contributed by atoms with E-state index in [0.29, 0.717) is 30.3 Å². The first-order chi connectivity index (χ1) is 10.7. The average molecular weight is 406 g/mol. The predicted molar refractivity (Wildman–Crippen MR) is 90.2 cm³/mol. The minimum Gasteiger partial charge on any atom is -0.490 e. The lowest BCUT2D eigenvalue weighted by molar-refractivity contribution is -0.00786. The van der Waals surface area contributed by atoms with Gasteiger partial charge in [0.05, 0.1) is 18.2 Å². The Balaban J connectivity index is 1.83. The van der Waals surface area contributed by atoms with Gasteiger partial charge in [-0.2, -0.15) is 0 Å². The molecule has 1 aromatic rings. The largest absolute Gasteiger partial charge is 0.490 e. The van der Waals surface area contributed by atoms with Crippen LogP contribution >= 0.6 is 27.3 Å². The lowest BCUT2D eigenvalue weighted by Crippen LogP contribution is -2.53. The molecule has 0 spiro atoms. The molecule has 0 saturated carbocycles. The second-order valence-corrected chi connectivity index (χ2v) is 8.03. The number of nitrogens with zero attached hydrogens (tertiary/aromatic N) is 1. The molecule has 2 heterocycles. The van der Waals surface area contributed by atoms with Crippen LogP contribution in [-0.2, 0) is 9.47 Å². The lowest BCUT2D eigenvalue weighted by atomic mass is 10.0. The number of ether oxygens (including phenoxy) is 3. The van der Waals surface area contributed by atoms with Gasteiger partial charge in [0.1, 0.15) is 5.60 Å². The van der Waals surface area contributed by atoms with E-state index in [9.17, 15) is 9.59 Å². The maximum absolute atomic E-state index is 11.9. The highest BCUT2D eigenvalue weighted by Gasteiger charge is 2.34. The Morgan fingerprint density at radius 1 is 1.39 bits per heavy atom. The van der Waals surface area contributed by atoms with Gasteiger partial charge in [-0.1, -0.05) is 0 Å². The summed E-state index contributed by atoms with van der Waals surface area (Å²) in [5, 5.41) is 1.79. The van der Waals surface area contributed by atoms with E-state index >= 15 is 0 Å². The van der Waals surface area contributed by atoms with E-state index < -0.39 is 11.6 Å². The van der Waals surface area contributed by atoms with Gasteiger partial charge >= 0.3 is 12.1 Å². The molecule has 1 aliphatic heterocycles. The number of methoxy groups -OCH3 is 1. The zero-order chi connectivity index (χ0) is 17.2. The Labute approximate surface area is 147 Å². The standard InChI is InChI=1S/C15H20BrNO5S/c1-15(2,3)22-14(19)17-5-9(6-17)7-21-11-10(16)8-23-12(11)13(18)20-4/h8-9H,5-7H2,1-4H3. The number of carbonyl (C=O) groups excluding carboxylic acids is 2. The molecule has 1 fully saturated rings. The molecule has 23 heavy (non-hydrogen) atoms. The Hall–Kier alpha value is -1.28. The van der Waals surface area contributed by atoms with Gasteiger partial charge in [0.25, 0.3) is 0 Å². The molecule has 1 amide bonds. The van der Waals surface area contributed by atoms with Gasteiger partial charge in [-0.3, -0.25) is 0 Å². The minimum absolute atomic E-state index is 0.222. The van der Waals surface area contributed by atoms with Gasteiger partial charge < -0.3 is 19.1 Å². The van der Waals surface area contributed by atoms with Crippen LogP contribution in [0.4, 0.5) is 4.79 Å². The van der Waals surface area contributed by atoms with Crippen molar-refractivity contribution in [3.8, 4) is 5.75 Å². The van der Waals surface area contributed by atoms with Crippen molar-refractivity contribution in [1.29, 1.82) is 0 Å². The Morgan fingerprint density at radius 2 is 2.04 bits per heavy atom. The number of halogens is 1. The molecule has 6 nitrogen and oxygen atoms in total. The van der Waals surface area contributed by atoms with Crippen LogP contribution in [0.1, 0.15) is 30.4 Å². The fourth-order valence-electron chi connectivity index (χ4n) is 2.05. The van der Waals surface area contributed by atoms with Crippen LogP contribution in [-0.4, -0.2) is 49.4 Å². The molecule has 0 N–H and O–H groups in total. The highest BCUT2D eigenvalue weighted by molar-refractivity contribution is 9.10. The van der Waals surface area contributed by atoms with Gasteiger partial charge in [-0.05, 0) is 36.7 Å². The van der Waals surface area contributed by atoms with Gasteiger partial charge in [0.2, 0.25) is 0 Å². The molecule has 0 aliphatic carbocycles. The van der Waals surface area contributed by atoms with Crippen LogP contribution in [0.3, 0.4) is 0 Å². The first-order valence-corrected chi connectivity index (χ1v) is 8.84. The number of carbonyl (C=O) groups is 2. The number of likely N-dealkylation sites (tertiary alicyclic amines) is 1. The zero-order valence-electron chi connectivity index (χ0n) is 13.6. The number of hydrogen-bond acceptors (Lipinski definition) is 6. The summed E-state index contributed by atoms with van der Waals surface area (Å²) in [4.78, 5) is 25.6. The van der Waals surface area contributed by atoms with Crippen LogP contribution in [0.25, 0.3) is 0 Å². The molecule has 0 bridgehead atoms. The SMILES string of the molecule is COC(=O)c1scc(Br)c1OCC1CN(C(=O)OC(C)(C)C)C1. The van der Waals surface area contributed by atoms with E-state index in [2.05, 4.69) is 15.9 Å². The highest BCUT2D eigenvalue weighted by atomic mass is 79.9. The van der Waals surface area contributed by atoms with E-state index in [1.165, 1.54) is 18.4 Å². The van der Waals surface area contributed by atoms with Crippen molar-refractivity contribution in [3.05, 3.63) is 14.7 Å². The van der Waals surface area contributed by atoms with E-state index in [4.69, 9.17) is 14.2 Å². The third kappa shape index (κ3) is 4.60. The fourth-order valence-corrected chi connectivity index (χ4v) is 3.55. The lowest BCUT2D eigenvalue weighted by Gasteiger charge is -2.39. The number of thiophene rings is 1. The van der Waals surface area contributed by atoms with Crippen molar-refractivity contribution in [2.45, 2.75) is 26.4 Å². The minimum atomic E-state index is -0.490. The molecule has 0 atom stereocenters. The smallest absolute Gasteiger partial charge is 0.410 e. The number of hydrogen-bond donors (Lipinski definition) is 0. The maximum Gasteiger partial charge on any atom is 0.410 e. The van der Waals surface area contributed by atoms with E-state index in [0.717, 1.165) is 4.47 Å². The molecule has 0 radical (unpaired) electrons. The number of amides is 1. The Morgan fingerprint density at radius 3 is 2.61 bits per heavy atom. The van der Waals surface area contributed by atoms with Gasteiger partial charge in [0.15, 0.2) is 10.6 Å². The molecule has 1 aliphatic rings. The first-order valence-electron chi connectivity index (χ1n) is 7.17. The summed E-state index contributed by atoms with van der Waals surface area (Å²) in [6, 6.07) is 0. The predicted octanol–water partition coefficient (Wildman–Crippen LogP) is 3.54. The zero-order valence-corrected chi connectivity index (χ0v) is 16.0. The topological polar surface area (TPSA) is 65.1 Å². The molecule has 1 saturated heterocycles. The van der Waals surface area contributed by atoms with Crippen LogP contribution in [0.5, 0.6) is 5.75 Å². The Kier molecular flexibility index (Phi) is 5.57. The fraction of sp³-hybridized carbons (Fsp3) is 0.600. The van der Waals surface area contributed by atoms with Crippen LogP contribution in [0.15, 0.2) is 9.85 Å². The van der Waals surface area contributed by atoms with Gasteiger partial charge in [-0.15, -0.1) is 11.3 Å². The normalized spacial score (nSPS) is 15.1. The molecule has 0 aromatic carbocycles. The van der Waals surface area contributed by atoms with Crippen molar-refractivity contribution in [2.75, 3.05) is 26.8 Å². The summed E-state index contributed by atoms with van der Waals surface area (Å²) < 4.78 is 16.5. The summed E-state index contributed by atoms with van der Waals surface area (Å²) >= 11 is 4.63. The Bertz CT molecular complexity index is 589. The van der Waals surface area contributed by atoms with E-state index in [1.807, 2.05) is 20.8 Å². The molecule has 0 unspecified atom stereocenters. The second kappa shape index (κ2) is 7.09. The van der Waals surface area contributed by atoms with Gasteiger partial charge in [0, 0.05) is 24.4 Å². The quantitative estimate of drug-likeness (QED) is 0.716. The third-order valence-electron chi connectivity index (χ3n) is 3.15. The second-order valence-electron chi connectivity index (χ2n) is 6.30. The molecular formula is C15H20BrNO5S. The third-order valence-corrected chi connectivity index (χ3v) is 4.98. The van der Waals surface area contributed by atoms with Crippen molar-refractivity contribution in [2.24, 2.45) is 5.92 Å². The molecule has 128 valence electrons. The summed E-state index contributed by atoms with van der Waals surface area (Å²) in [5.74, 6) is 0.303. The highest BCUT2D eigenvalue weighted by Crippen LogP contribution is 2.36.